The average molecular weight is 258 g/mol. The Balaban J connectivity index is 2.61. The second-order valence-electron chi connectivity index (χ2n) is 5.75. The number of rotatable bonds is 7. The molecule has 1 fully saturated rings. The predicted molar refractivity (Wildman–Crippen MR) is 75.0 cm³/mol. The lowest BCUT2D eigenvalue weighted by Crippen LogP contribution is -2.62. The maximum atomic E-state index is 5.81. The van der Waals surface area contributed by atoms with E-state index in [-0.39, 0.29) is 11.6 Å². The van der Waals surface area contributed by atoms with Crippen LogP contribution < -0.4 is 5.32 Å². The van der Waals surface area contributed by atoms with Crippen molar-refractivity contribution >= 4 is 0 Å². The second-order valence-corrected chi connectivity index (χ2v) is 5.75. The van der Waals surface area contributed by atoms with Gasteiger partial charge in [0.1, 0.15) is 0 Å². The second kappa shape index (κ2) is 7.43. The SMILES string of the molecule is CCNC(COC(C)C)C(C)(C)N1CCOCC1. The Morgan fingerprint density at radius 2 is 1.89 bits per heavy atom. The molecule has 0 aromatic carbocycles. The van der Waals surface area contributed by atoms with Crippen LogP contribution in [0.1, 0.15) is 34.6 Å². The van der Waals surface area contributed by atoms with Crippen LogP contribution in [0, 0.1) is 0 Å². The number of likely N-dealkylation sites (N-methyl/N-ethyl adjacent to an activating group) is 1. The average Bonchev–Trinajstić information content (AvgIpc) is 2.35. The van der Waals surface area contributed by atoms with Crippen molar-refractivity contribution in [2.24, 2.45) is 0 Å². The predicted octanol–water partition coefficient (Wildman–Crippen LogP) is 1.50. The monoisotopic (exact) mass is 258 g/mol. The summed E-state index contributed by atoms with van der Waals surface area (Å²) in [5.41, 5.74) is 0.0919. The molecule has 0 amide bonds. The fraction of sp³-hybridized carbons (Fsp3) is 1.00. The first-order valence-electron chi connectivity index (χ1n) is 7.16. The molecular formula is C14H30N2O2. The normalized spacial score (nSPS) is 20.3. The van der Waals surface area contributed by atoms with Crippen LogP contribution in [0.4, 0.5) is 0 Å². The van der Waals surface area contributed by atoms with Crippen LogP contribution in [-0.4, -0.2) is 62.0 Å². The van der Waals surface area contributed by atoms with Crippen LogP contribution in [0.2, 0.25) is 0 Å². The van der Waals surface area contributed by atoms with Gasteiger partial charge in [-0.25, -0.2) is 0 Å². The highest BCUT2D eigenvalue weighted by Gasteiger charge is 2.35. The third-order valence-electron chi connectivity index (χ3n) is 3.73. The molecule has 1 heterocycles. The first kappa shape index (κ1) is 15.9. The fourth-order valence-corrected chi connectivity index (χ4v) is 2.41. The van der Waals surface area contributed by atoms with Gasteiger partial charge in [0.2, 0.25) is 0 Å². The van der Waals surface area contributed by atoms with Crippen molar-refractivity contribution in [3.8, 4) is 0 Å². The molecule has 0 spiro atoms. The Morgan fingerprint density at radius 1 is 1.28 bits per heavy atom. The van der Waals surface area contributed by atoms with Crippen molar-refractivity contribution < 1.29 is 9.47 Å². The van der Waals surface area contributed by atoms with E-state index >= 15 is 0 Å². The molecule has 0 aromatic heterocycles. The largest absolute Gasteiger partial charge is 0.379 e. The molecule has 0 saturated carbocycles. The summed E-state index contributed by atoms with van der Waals surface area (Å²) in [4.78, 5) is 2.51. The summed E-state index contributed by atoms with van der Waals surface area (Å²) in [5, 5.41) is 3.57. The van der Waals surface area contributed by atoms with Crippen molar-refractivity contribution in [1.29, 1.82) is 0 Å². The van der Waals surface area contributed by atoms with Crippen molar-refractivity contribution in [2.45, 2.75) is 52.3 Å². The number of hydrogen-bond donors (Lipinski definition) is 1. The molecule has 1 aliphatic heterocycles. The molecule has 0 aromatic rings. The Morgan fingerprint density at radius 3 is 2.39 bits per heavy atom. The molecule has 1 unspecified atom stereocenters. The van der Waals surface area contributed by atoms with Crippen LogP contribution in [-0.2, 0) is 9.47 Å². The maximum Gasteiger partial charge on any atom is 0.0641 e. The smallest absolute Gasteiger partial charge is 0.0641 e. The first-order valence-corrected chi connectivity index (χ1v) is 7.16. The summed E-state index contributed by atoms with van der Waals surface area (Å²) in [7, 11) is 0. The molecule has 1 rings (SSSR count). The molecule has 1 aliphatic rings. The topological polar surface area (TPSA) is 33.7 Å². The molecule has 0 radical (unpaired) electrons. The summed E-state index contributed by atoms with van der Waals surface area (Å²) < 4.78 is 11.3. The molecule has 0 bridgehead atoms. The van der Waals surface area contributed by atoms with Gasteiger partial charge in [-0.05, 0) is 34.2 Å². The standard InChI is InChI=1S/C14H30N2O2/c1-6-15-13(11-18-12(2)3)14(4,5)16-7-9-17-10-8-16/h12-13,15H,6-11H2,1-5H3. The molecule has 4 heteroatoms. The molecule has 1 saturated heterocycles. The highest BCUT2D eigenvalue weighted by molar-refractivity contribution is 4.94. The zero-order valence-corrected chi connectivity index (χ0v) is 12.7. The summed E-state index contributed by atoms with van der Waals surface area (Å²) in [6.07, 6.45) is 0.284. The van der Waals surface area contributed by atoms with Crippen LogP contribution >= 0.6 is 0 Å². The summed E-state index contributed by atoms with van der Waals surface area (Å²) in [6, 6.07) is 0.350. The van der Waals surface area contributed by atoms with Crippen molar-refractivity contribution in [3.05, 3.63) is 0 Å². The molecular weight excluding hydrogens is 228 g/mol. The Hall–Kier alpha value is -0.160. The lowest BCUT2D eigenvalue weighted by molar-refractivity contribution is -0.0434. The molecule has 1 N–H and O–H groups in total. The van der Waals surface area contributed by atoms with E-state index in [1.165, 1.54) is 0 Å². The van der Waals surface area contributed by atoms with Crippen molar-refractivity contribution in [3.63, 3.8) is 0 Å². The van der Waals surface area contributed by atoms with Crippen LogP contribution in [0.3, 0.4) is 0 Å². The molecule has 0 aliphatic carbocycles. The Bertz CT molecular complexity index is 226. The van der Waals surface area contributed by atoms with Gasteiger partial charge >= 0.3 is 0 Å². The Kier molecular flexibility index (Phi) is 6.57. The first-order chi connectivity index (χ1) is 8.48. The van der Waals surface area contributed by atoms with E-state index in [1.54, 1.807) is 0 Å². The van der Waals surface area contributed by atoms with Gasteiger partial charge in [0.25, 0.3) is 0 Å². The molecule has 108 valence electrons. The molecule has 4 nitrogen and oxygen atoms in total. The van der Waals surface area contributed by atoms with E-state index in [0.29, 0.717) is 6.04 Å². The van der Waals surface area contributed by atoms with E-state index in [1.807, 2.05) is 0 Å². The van der Waals surface area contributed by atoms with Crippen LogP contribution in [0.15, 0.2) is 0 Å². The van der Waals surface area contributed by atoms with E-state index in [4.69, 9.17) is 9.47 Å². The van der Waals surface area contributed by atoms with E-state index in [0.717, 1.165) is 39.5 Å². The number of nitrogens with one attached hydrogen (secondary N) is 1. The molecule has 1 atom stereocenters. The number of nitrogens with zero attached hydrogens (tertiary/aromatic N) is 1. The van der Waals surface area contributed by atoms with E-state index in [9.17, 15) is 0 Å². The lowest BCUT2D eigenvalue weighted by Gasteiger charge is -2.46. The minimum atomic E-state index is 0.0919. The summed E-state index contributed by atoms with van der Waals surface area (Å²) >= 11 is 0. The van der Waals surface area contributed by atoms with Gasteiger partial charge in [0, 0.05) is 24.7 Å². The number of ether oxygens (including phenoxy) is 2. The fourth-order valence-electron chi connectivity index (χ4n) is 2.41. The van der Waals surface area contributed by atoms with Gasteiger partial charge < -0.3 is 14.8 Å². The summed E-state index contributed by atoms with van der Waals surface area (Å²) in [6.45, 7) is 16.4. The van der Waals surface area contributed by atoms with Crippen LogP contribution in [0.5, 0.6) is 0 Å². The van der Waals surface area contributed by atoms with E-state index in [2.05, 4.69) is 44.8 Å². The molecule has 18 heavy (non-hydrogen) atoms. The minimum Gasteiger partial charge on any atom is -0.379 e. The zero-order chi connectivity index (χ0) is 13.6. The third kappa shape index (κ3) is 4.50. The summed E-state index contributed by atoms with van der Waals surface area (Å²) in [5.74, 6) is 0. The van der Waals surface area contributed by atoms with Gasteiger partial charge in [-0.1, -0.05) is 6.92 Å². The number of hydrogen-bond acceptors (Lipinski definition) is 4. The maximum absolute atomic E-state index is 5.81. The van der Waals surface area contributed by atoms with Crippen molar-refractivity contribution in [2.75, 3.05) is 39.5 Å². The Labute approximate surface area is 112 Å². The van der Waals surface area contributed by atoms with Gasteiger partial charge in [0.15, 0.2) is 0 Å². The quantitative estimate of drug-likeness (QED) is 0.750. The third-order valence-corrected chi connectivity index (χ3v) is 3.73. The number of morpholine rings is 1. The highest BCUT2D eigenvalue weighted by atomic mass is 16.5. The van der Waals surface area contributed by atoms with Crippen molar-refractivity contribution in [1.82, 2.24) is 10.2 Å². The van der Waals surface area contributed by atoms with Gasteiger partial charge in [0.05, 0.1) is 25.9 Å². The highest BCUT2D eigenvalue weighted by Crippen LogP contribution is 2.21. The van der Waals surface area contributed by atoms with Gasteiger partial charge in [-0.3, -0.25) is 4.90 Å². The lowest BCUT2D eigenvalue weighted by atomic mass is 9.92. The van der Waals surface area contributed by atoms with Gasteiger partial charge in [-0.15, -0.1) is 0 Å². The van der Waals surface area contributed by atoms with E-state index < -0.39 is 0 Å². The zero-order valence-electron chi connectivity index (χ0n) is 12.7. The minimum absolute atomic E-state index is 0.0919. The van der Waals surface area contributed by atoms with Crippen LogP contribution in [0.25, 0.3) is 0 Å². The van der Waals surface area contributed by atoms with Gasteiger partial charge in [-0.2, -0.15) is 0 Å².